The van der Waals surface area contributed by atoms with E-state index in [0.717, 1.165) is 23.4 Å². The number of rotatable bonds is 5. The third-order valence-corrected chi connectivity index (χ3v) is 4.17. The number of pyridine rings is 1. The van der Waals surface area contributed by atoms with E-state index in [9.17, 15) is 4.79 Å². The molecule has 3 rings (SSSR count). The normalized spacial score (nSPS) is 19.5. The fourth-order valence-electron chi connectivity index (χ4n) is 2.60. The van der Waals surface area contributed by atoms with Crippen LogP contribution in [0.5, 0.6) is 5.75 Å². The number of carbonyl (C=O) groups excluding carboxylic acids is 1. The van der Waals surface area contributed by atoms with E-state index in [2.05, 4.69) is 11.9 Å². The van der Waals surface area contributed by atoms with Crippen LogP contribution in [-0.4, -0.2) is 18.0 Å². The zero-order valence-electron chi connectivity index (χ0n) is 12.9. The topological polar surface area (TPSA) is 42.4 Å². The number of methoxy groups -OCH3 is 1. The molecule has 1 aliphatic rings. The number of amides is 1. The highest BCUT2D eigenvalue weighted by Crippen LogP contribution is 2.40. The monoisotopic (exact) mass is 296 g/mol. The molecule has 0 spiro atoms. The van der Waals surface area contributed by atoms with Gasteiger partial charge in [0.1, 0.15) is 5.75 Å². The number of nitrogens with zero attached hydrogens (tertiary/aromatic N) is 2. The molecule has 1 aliphatic carbocycles. The number of aromatic nitrogens is 1. The average molecular weight is 296 g/mol. The fourth-order valence-corrected chi connectivity index (χ4v) is 2.60. The van der Waals surface area contributed by atoms with Crippen molar-refractivity contribution in [2.45, 2.75) is 19.9 Å². The van der Waals surface area contributed by atoms with Crippen LogP contribution in [0.15, 0.2) is 48.8 Å². The van der Waals surface area contributed by atoms with E-state index in [1.807, 2.05) is 41.3 Å². The summed E-state index contributed by atoms with van der Waals surface area (Å²) < 4.78 is 5.18. The van der Waals surface area contributed by atoms with Crippen LogP contribution in [0.2, 0.25) is 0 Å². The molecule has 0 saturated heterocycles. The Morgan fingerprint density at radius 1 is 1.23 bits per heavy atom. The quantitative estimate of drug-likeness (QED) is 0.850. The maximum Gasteiger partial charge on any atom is 0.230 e. The van der Waals surface area contributed by atoms with E-state index in [4.69, 9.17) is 4.74 Å². The number of ether oxygens (including phenoxy) is 1. The van der Waals surface area contributed by atoms with Crippen molar-refractivity contribution in [3.05, 3.63) is 54.4 Å². The van der Waals surface area contributed by atoms with E-state index in [-0.39, 0.29) is 11.8 Å². The zero-order valence-corrected chi connectivity index (χ0v) is 12.9. The molecule has 4 heteroatoms. The van der Waals surface area contributed by atoms with Gasteiger partial charge in [0, 0.05) is 24.0 Å². The molecule has 2 unspecified atom stereocenters. The van der Waals surface area contributed by atoms with Crippen molar-refractivity contribution in [2.75, 3.05) is 12.0 Å². The van der Waals surface area contributed by atoms with Gasteiger partial charge >= 0.3 is 0 Å². The van der Waals surface area contributed by atoms with Gasteiger partial charge < -0.3 is 9.64 Å². The highest BCUT2D eigenvalue weighted by molar-refractivity contribution is 5.96. The van der Waals surface area contributed by atoms with Crippen LogP contribution >= 0.6 is 0 Å². The Balaban J connectivity index is 1.83. The Morgan fingerprint density at radius 3 is 2.41 bits per heavy atom. The molecule has 0 N–H and O–H groups in total. The van der Waals surface area contributed by atoms with Crippen molar-refractivity contribution >= 4 is 11.6 Å². The molecule has 1 aromatic carbocycles. The second-order valence-electron chi connectivity index (χ2n) is 5.80. The van der Waals surface area contributed by atoms with Gasteiger partial charge in [0.05, 0.1) is 13.7 Å². The van der Waals surface area contributed by atoms with Crippen molar-refractivity contribution in [3.63, 3.8) is 0 Å². The Morgan fingerprint density at radius 2 is 1.86 bits per heavy atom. The Hall–Kier alpha value is -2.36. The zero-order chi connectivity index (χ0) is 15.5. The fraction of sp³-hybridized carbons (Fsp3) is 0.333. The highest BCUT2D eigenvalue weighted by atomic mass is 16.5. The second kappa shape index (κ2) is 6.18. The summed E-state index contributed by atoms with van der Waals surface area (Å²) in [6, 6.07) is 11.6. The van der Waals surface area contributed by atoms with Gasteiger partial charge in [-0.1, -0.05) is 19.1 Å². The lowest BCUT2D eigenvalue weighted by atomic mass is 10.1. The first-order valence-corrected chi connectivity index (χ1v) is 7.53. The summed E-state index contributed by atoms with van der Waals surface area (Å²) in [5, 5.41) is 0. The number of hydrogen-bond acceptors (Lipinski definition) is 3. The Bertz CT molecular complexity index is 640. The summed E-state index contributed by atoms with van der Waals surface area (Å²) >= 11 is 0. The standard InChI is InChI=1S/C18H20N2O2/c1-13-11-17(13)18(21)20(15-7-9-19-10-8-15)12-14-3-5-16(22-2)6-4-14/h3-10,13,17H,11-12H2,1-2H3. The van der Waals surface area contributed by atoms with Crippen LogP contribution in [0, 0.1) is 11.8 Å². The van der Waals surface area contributed by atoms with Crippen LogP contribution in [0.25, 0.3) is 0 Å². The molecular formula is C18H20N2O2. The predicted molar refractivity (Wildman–Crippen MR) is 85.7 cm³/mol. The first-order chi connectivity index (χ1) is 10.7. The van der Waals surface area contributed by atoms with Crippen LogP contribution < -0.4 is 9.64 Å². The van der Waals surface area contributed by atoms with Gasteiger partial charge in [0.2, 0.25) is 5.91 Å². The summed E-state index contributed by atoms with van der Waals surface area (Å²) in [6.07, 6.45) is 4.43. The van der Waals surface area contributed by atoms with Crippen molar-refractivity contribution in [1.82, 2.24) is 4.98 Å². The molecule has 4 nitrogen and oxygen atoms in total. The van der Waals surface area contributed by atoms with E-state index in [1.54, 1.807) is 19.5 Å². The van der Waals surface area contributed by atoms with E-state index >= 15 is 0 Å². The molecule has 0 bridgehead atoms. The maximum atomic E-state index is 12.7. The van der Waals surface area contributed by atoms with Gasteiger partial charge in [0.15, 0.2) is 0 Å². The Labute approximate surface area is 130 Å². The van der Waals surface area contributed by atoms with Gasteiger partial charge in [-0.3, -0.25) is 9.78 Å². The van der Waals surface area contributed by atoms with Gasteiger partial charge in [0.25, 0.3) is 0 Å². The average Bonchev–Trinajstić information content (AvgIpc) is 3.30. The van der Waals surface area contributed by atoms with Crippen LogP contribution in [0.4, 0.5) is 5.69 Å². The van der Waals surface area contributed by atoms with Crippen molar-refractivity contribution in [2.24, 2.45) is 11.8 Å². The van der Waals surface area contributed by atoms with Crippen LogP contribution in [0.3, 0.4) is 0 Å². The van der Waals surface area contributed by atoms with E-state index < -0.39 is 0 Å². The third kappa shape index (κ3) is 3.11. The summed E-state index contributed by atoms with van der Waals surface area (Å²) in [4.78, 5) is 18.6. The number of benzene rings is 1. The van der Waals surface area contributed by atoms with Gasteiger partial charge in [-0.25, -0.2) is 0 Å². The molecule has 2 aromatic rings. The lowest BCUT2D eigenvalue weighted by molar-refractivity contribution is -0.120. The molecule has 114 valence electrons. The van der Waals surface area contributed by atoms with Crippen molar-refractivity contribution < 1.29 is 9.53 Å². The molecule has 1 fully saturated rings. The number of anilines is 1. The smallest absolute Gasteiger partial charge is 0.230 e. The molecule has 0 radical (unpaired) electrons. The minimum absolute atomic E-state index is 0.159. The van der Waals surface area contributed by atoms with Gasteiger partial charge in [-0.15, -0.1) is 0 Å². The Kier molecular flexibility index (Phi) is 4.09. The molecule has 22 heavy (non-hydrogen) atoms. The first-order valence-electron chi connectivity index (χ1n) is 7.53. The molecule has 1 saturated carbocycles. The molecular weight excluding hydrogens is 276 g/mol. The van der Waals surface area contributed by atoms with Crippen LogP contribution in [0.1, 0.15) is 18.9 Å². The van der Waals surface area contributed by atoms with E-state index in [1.165, 1.54) is 0 Å². The predicted octanol–water partition coefficient (Wildman–Crippen LogP) is 3.28. The van der Waals surface area contributed by atoms with Gasteiger partial charge in [-0.2, -0.15) is 0 Å². The SMILES string of the molecule is COc1ccc(CN(C(=O)C2CC2C)c2ccncc2)cc1. The molecule has 1 aromatic heterocycles. The summed E-state index contributed by atoms with van der Waals surface area (Å²) in [6.45, 7) is 2.69. The third-order valence-electron chi connectivity index (χ3n) is 4.17. The van der Waals surface area contributed by atoms with Crippen LogP contribution in [-0.2, 0) is 11.3 Å². The van der Waals surface area contributed by atoms with Crippen molar-refractivity contribution in [3.8, 4) is 5.75 Å². The largest absolute Gasteiger partial charge is 0.497 e. The summed E-state index contributed by atoms with van der Waals surface area (Å²) in [7, 11) is 1.65. The lowest BCUT2D eigenvalue weighted by Gasteiger charge is -2.23. The summed E-state index contributed by atoms with van der Waals surface area (Å²) in [5.74, 6) is 1.68. The van der Waals surface area contributed by atoms with Gasteiger partial charge in [-0.05, 0) is 42.2 Å². The lowest BCUT2D eigenvalue weighted by Crippen LogP contribution is -2.32. The minimum Gasteiger partial charge on any atom is -0.497 e. The number of carbonyl (C=O) groups is 1. The molecule has 2 atom stereocenters. The number of hydrogen-bond donors (Lipinski definition) is 0. The maximum absolute atomic E-state index is 12.7. The summed E-state index contributed by atoms with van der Waals surface area (Å²) in [5.41, 5.74) is 1.98. The van der Waals surface area contributed by atoms with Crippen molar-refractivity contribution in [1.29, 1.82) is 0 Å². The second-order valence-corrected chi connectivity index (χ2v) is 5.80. The van der Waals surface area contributed by atoms with E-state index in [0.29, 0.717) is 12.5 Å². The minimum atomic E-state index is 0.159. The molecule has 1 amide bonds. The molecule has 0 aliphatic heterocycles. The molecule has 1 heterocycles. The highest BCUT2D eigenvalue weighted by Gasteiger charge is 2.41. The first kappa shape index (κ1) is 14.6.